The van der Waals surface area contributed by atoms with Crippen LogP contribution < -0.4 is 0 Å². The maximum atomic E-state index is 10.3. The standard InChI is InChI=1S/C20H39NO2/c1-6-11-21(12-7-2)15-17(22)9-13-23-18-14-16-8-10-20(18,5)19(16,3)4/h16-18,22H,6-15H2,1-5H3/t16-,17-,18-,20-/m1/s1. The highest BCUT2D eigenvalue weighted by molar-refractivity contribution is 5.11. The summed E-state index contributed by atoms with van der Waals surface area (Å²) >= 11 is 0. The van der Waals surface area contributed by atoms with Gasteiger partial charge in [0.05, 0.1) is 12.2 Å². The molecule has 3 nitrogen and oxygen atoms in total. The average Bonchev–Trinajstić information content (AvgIpc) is 2.81. The lowest BCUT2D eigenvalue weighted by molar-refractivity contribution is -0.0564. The summed E-state index contributed by atoms with van der Waals surface area (Å²) in [5.41, 5.74) is 0.744. The molecule has 136 valence electrons. The Morgan fingerprint density at radius 3 is 2.30 bits per heavy atom. The van der Waals surface area contributed by atoms with Gasteiger partial charge in [0.15, 0.2) is 0 Å². The van der Waals surface area contributed by atoms with Gasteiger partial charge in [0.25, 0.3) is 0 Å². The molecule has 0 radical (unpaired) electrons. The fraction of sp³-hybridized carbons (Fsp3) is 1.00. The van der Waals surface area contributed by atoms with Crippen molar-refractivity contribution < 1.29 is 9.84 Å². The summed E-state index contributed by atoms with van der Waals surface area (Å²) in [5.74, 6) is 0.826. The summed E-state index contributed by atoms with van der Waals surface area (Å²) in [4.78, 5) is 2.38. The zero-order chi connectivity index (χ0) is 17.1. The van der Waals surface area contributed by atoms with Crippen LogP contribution in [0.1, 0.15) is 73.1 Å². The number of aliphatic hydroxyl groups is 1. The lowest BCUT2D eigenvalue weighted by Gasteiger charge is -2.39. The van der Waals surface area contributed by atoms with E-state index in [2.05, 4.69) is 39.5 Å². The van der Waals surface area contributed by atoms with E-state index in [-0.39, 0.29) is 6.10 Å². The van der Waals surface area contributed by atoms with E-state index < -0.39 is 0 Å². The highest BCUT2D eigenvalue weighted by atomic mass is 16.5. The fourth-order valence-corrected chi connectivity index (χ4v) is 5.04. The van der Waals surface area contributed by atoms with Gasteiger partial charge >= 0.3 is 0 Å². The Kier molecular flexibility index (Phi) is 6.55. The summed E-state index contributed by atoms with van der Waals surface area (Å²) in [5, 5.41) is 10.3. The van der Waals surface area contributed by atoms with Crippen LogP contribution in [0.4, 0.5) is 0 Å². The second kappa shape index (κ2) is 7.84. The number of hydrogen-bond acceptors (Lipinski definition) is 3. The Morgan fingerprint density at radius 2 is 1.83 bits per heavy atom. The van der Waals surface area contributed by atoms with Gasteiger partial charge in [-0.15, -0.1) is 0 Å². The molecule has 0 aromatic rings. The SMILES string of the molecule is CCCN(CCC)C[C@H](O)CCO[C@@H]1C[C@H]2CC[C@@]1(C)C2(C)C. The van der Waals surface area contributed by atoms with Crippen LogP contribution in [0.15, 0.2) is 0 Å². The van der Waals surface area contributed by atoms with Gasteiger partial charge in [0.1, 0.15) is 0 Å². The zero-order valence-electron chi connectivity index (χ0n) is 16.1. The lowest BCUT2D eigenvalue weighted by Crippen LogP contribution is -2.38. The fourth-order valence-electron chi connectivity index (χ4n) is 5.04. The van der Waals surface area contributed by atoms with Crippen molar-refractivity contribution in [1.82, 2.24) is 4.90 Å². The number of ether oxygens (including phenoxy) is 1. The van der Waals surface area contributed by atoms with E-state index in [1.54, 1.807) is 0 Å². The first kappa shape index (κ1) is 19.2. The van der Waals surface area contributed by atoms with E-state index in [1.165, 1.54) is 19.3 Å². The van der Waals surface area contributed by atoms with Gasteiger partial charge in [-0.3, -0.25) is 0 Å². The Balaban J connectivity index is 1.73. The number of hydrogen-bond donors (Lipinski definition) is 1. The lowest BCUT2D eigenvalue weighted by atomic mass is 9.70. The third-order valence-electron chi connectivity index (χ3n) is 7.03. The molecule has 0 aliphatic heterocycles. The maximum absolute atomic E-state index is 10.3. The second-order valence-electron chi connectivity index (χ2n) is 8.71. The molecule has 0 unspecified atom stereocenters. The van der Waals surface area contributed by atoms with Crippen molar-refractivity contribution in [3.05, 3.63) is 0 Å². The topological polar surface area (TPSA) is 32.7 Å². The largest absolute Gasteiger partial charge is 0.392 e. The van der Waals surface area contributed by atoms with Crippen LogP contribution >= 0.6 is 0 Å². The first-order valence-corrected chi connectivity index (χ1v) is 9.87. The van der Waals surface area contributed by atoms with Crippen LogP contribution in [0, 0.1) is 16.7 Å². The summed E-state index contributed by atoms with van der Waals surface area (Å²) in [6, 6.07) is 0. The predicted octanol–water partition coefficient (Wildman–Crippen LogP) is 4.09. The van der Waals surface area contributed by atoms with Gasteiger partial charge in [-0.1, -0.05) is 34.6 Å². The summed E-state index contributed by atoms with van der Waals surface area (Å²) in [6.45, 7) is 15.4. The van der Waals surface area contributed by atoms with Crippen molar-refractivity contribution in [2.45, 2.75) is 85.4 Å². The van der Waals surface area contributed by atoms with Crippen LogP contribution in [-0.2, 0) is 4.74 Å². The number of rotatable bonds is 10. The van der Waals surface area contributed by atoms with Gasteiger partial charge in [-0.25, -0.2) is 0 Å². The Morgan fingerprint density at radius 1 is 1.17 bits per heavy atom. The molecule has 0 amide bonds. The van der Waals surface area contributed by atoms with Gasteiger partial charge in [0, 0.05) is 13.2 Å². The van der Waals surface area contributed by atoms with Crippen molar-refractivity contribution in [3.8, 4) is 0 Å². The first-order chi connectivity index (χ1) is 10.8. The van der Waals surface area contributed by atoms with E-state index in [1.807, 2.05) is 0 Å². The molecule has 0 spiro atoms. The smallest absolute Gasteiger partial charge is 0.0689 e. The molecule has 2 bridgehead atoms. The van der Waals surface area contributed by atoms with Gasteiger partial charge in [-0.05, 0) is 68.4 Å². The van der Waals surface area contributed by atoms with E-state index >= 15 is 0 Å². The quantitative estimate of drug-likeness (QED) is 0.656. The minimum atomic E-state index is -0.257. The predicted molar refractivity (Wildman–Crippen MR) is 96.6 cm³/mol. The van der Waals surface area contributed by atoms with Crippen molar-refractivity contribution in [1.29, 1.82) is 0 Å². The summed E-state index contributed by atoms with van der Waals surface area (Å²) in [7, 11) is 0. The Labute approximate surface area is 143 Å². The molecule has 23 heavy (non-hydrogen) atoms. The molecule has 2 aliphatic rings. The summed E-state index contributed by atoms with van der Waals surface area (Å²) in [6.07, 6.45) is 7.10. The van der Waals surface area contributed by atoms with E-state index in [9.17, 15) is 5.11 Å². The molecule has 2 aliphatic carbocycles. The van der Waals surface area contributed by atoms with Crippen LogP contribution in [0.3, 0.4) is 0 Å². The molecular weight excluding hydrogens is 286 g/mol. The second-order valence-corrected chi connectivity index (χ2v) is 8.71. The first-order valence-electron chi connectivity index (χ1n) is 9.87. The minimum absolute atomic E-state index is 0.257. The molecule has 0 saturated heterocycles. The van der Waals surface area contributed by atoms with Crippen molar-refractivity contribution in [2.24, 2.45) is 16.7 Å². The number of fused-ring (bicyclic) bond motifs is 2. The minimum Gasteiger partial charge on any atom is -0.392 e. The maximum Gasteiger partial charge on any atom is 0.0689 e. The molecule has 2 fully saturated rings. The molecule has 0 heterocycles. The van der Waals surface area contributed by atoms with Crippen LogP contribution in [0.25, 0.3) is 0 Å². The Hall–Kier alpha value is -0.120. The van der Waals surface area contributed by atoms with Gasteiger partial charge in [-0.2, -0.15) is 0 Å². The number of aliphatic hydroxyl groups excluding tert-OH is 1. The van der Waals surface area contributed by atoms with Crippen molar-refractivity contribution in [3.63, 3.8) is 0 Å². The zero-order valence-corrected chi connectivity index (χ0v) is 16.1. The van der Waals surface area contributed by atoms with Crippen molar-refractivity contribution in [2.75, 3.05) is 26.2 Å². The van der Waals surface area contributed by atoms with E-state index in [0.29, 0.717) is 23.5 Å². The molecular formula is C20H39NO2. The average molecular weight is 326 g/mol. The normalized spacial score (nSPS) is 33.5. The third-order valence-corrected chi connectivity index (χ3v) is 7.03. The van der Waals surface area contributed by atoms with Crippen LogP contribution in [0.2, 0.25) is 0 Å². The number of nitrogens with zero attached hydrogens (tertiary/aromatic N) is 1. The molecule has 0 aromatic carbocycles. The summed E-state index contributed by atoms with van der Waals surface area (Å²) < 4.78 is 6.27. The van der Waals surface area contributed by atoms with E-state index in [4.69, 9.17) is 4.74 Å². The molecule has 4 atom stereocenters. The van der Waals surface area contributed by atoms with Crippen molar-refractivity contribution >= 4 is 0 Å². The Bertz CT molecular complexity index is 365. The van der Waals surface area contributed by atoms with Gasteiger partial charge < -0.3 is 14.7 Å². The van der Waals surface area contributed by atoms with Crippen LogP contribution in [-0.4, -0.2) is 48.5 Å². The third kappa shape index (κ3) is 3.93. The molecule has 3 heteroatoms. The molecule has 2 rings (SSSR count). The van der Waals surface area contributed by atoms with Crippen LogP contribution in [0.5, 0.6) is 0 Å². The van der Waals surface area contributed by atoms with E-state index in [0.717, 1.165) is 44.8 Å². The molecule has 1 N–H and O–H groups in total. The monoisotopic (exact) mass is 325 g/mol. The molecule has 2 saturated carbocycles. The highest BCUT2D eigenvalue weighted by Gasteiger charge is 2.61. The molecule has 0 aromatic heterocycles. The highest BCUT2D eigenvalue weighted by Crippen LogP contribution is 2.66. The van der Waals surface area contributed by atoms with Gasteiger partial charge in [0.2, 0.25) is 0 Å².